The van der Waals surface area contributed by atoms with Gasteiger partial charge in [-0.3, -0.25) is 14.6 Å². The first-order chi connectivity index (χ1) is 10.7. The van der Waals surface area contributed by atoms with Gasteiger partial charge in [-0.15, -0.1) is 0 Å². The van der Waals surface area contributed by atoms with Crippen molar-refractivity contribution in [2.45, 2.75) is 70.4 Å². The van der Waals surface area contributed by atoms with Crippen LogP contribution in [0.5, 0.6) is 0 Å². The molecule has 0 aliphatic carbocycles. The van der Waals surface area contributed by atoms with E-state index in [2.05, 4.69) is 16.7 Å². The van der Waals surface area contributed by atoms with Crippen molar-refractivity contribution in [2.75, 3.05) is 26.2 Å². The van der Waals surface area contributed by atoms with Gasteiger partial charge in [-0.1, -0.05) is 6.92 Å². The molecule has 22 heavy (non-hydrogen) atoms. The van der Waals surface area contributed by atoms with Gasteiger partial charge in [-0.2, -0.15) is 0 Å². The maximum Gasteiger partial charge on any atom is 0.303 e. The van der Waals surface area contributed by atoms with Crippen molar-refractivity contribution in [2.24, 2.45) is 11.8 Å². The molecule has 3 saturated heterocycles. The van der Waals surface area contributed by atoms with E-state index >= 15 is 0 Å². The monoisotopic (exact) mass is 308 g/mol. The summed E-state index contributed by atoms with van der Waals surface area (Å²) in [6, 6.07) is 1.42. The number of aliphatic carboxylic acids is 1. The summed E-state index contributed by atoms with van der Waals surface area (Å²) in [5.74, 6) is 1.01. The molecule has 1 N–H and O–H groups in total. The van der Waals surface area contributed by atoms with Gasteiger partial charge in [0, 0.05) is 25.0 Å². The quantitative estimate of drug-likeness (QED) is 0.819. The summed E-state index contributed by atoms with van der Waals surface area (Å²) in [5.41, 5.74) is 0. The molecule has 4 atom stereocenters. The number of rotatable bonds is 6. The molecule has 3 rings (SSSR count). The molecule has 3 fully saturated rings. The molecule has 0 aromatic carbocycles. The standard InChI is InChI=1S/C18H32N2O2/c1-2-10-20-13-14-6-4-11-19-12-5-7-15(18(14)19)16(20)8-3-9-17(21)22/h14-16,18H,2-13H2,1H3,(H,21,22)/t14-,15+,16+,18-/m0/s1. The fourth-order valence-electron chi connectivity index (χ4n) is 5.49. The van der Waals surface area contributed by atoms with E-state index in [1.165, 1.54) is 58.3 Å². The Hall–Kier alpha value is -0.610. The van der Waals surface area contributed by atoms with Crippen molar-refractivity contribution >= 4 is 5.97 Å². The van der Waals surface area contributed by atoms with Gasteiger partial charge >= 0.3 is 5.97 Å². The molecule has 0 aromatic heterocycles. The third kappa shape index (κ3) is 3.33. The van der Waals surface area contributed by atoms with Crippen LogP contribution in [-0.4, -0.2) is 59.1 Å². The van der Waals surface area contributed by atoms with Crippen LogP contribution < -0.4 is 0 Å². The molecule has 3 aliphatic rings. The summed E-state index contributed by atoms with van der Waals surface area (Å²) in [5, 5.41) is 8.95. The molecule has 3 heterocycles. The Morgan fingerprint density at radius 2 is 2.00 bits per heavy atom. The molecule has 126 valence electrons. The average Bonchev–Trinajstić information content (AvgIpc) is 2.50. The third-order valence-corrected chi connectivity index (χ3v) is 6.18. The molecule has 0 aromatic rings. The van der Waals surface area contributed by atoms with E-state index in [-0.39, 0.29) is 0 Å². The summed E-state index contributed by atoms with van der Waals surface area (Å²) in [4.78, 5) is 16.4. The van der Waals surface area contributed by atoms with Gasteiger partial charge in [0.2, 0.25) is 0 Å². The minimum absolute atomic E-state index is 0.334. The highest BCUT2D eigenvalue weighted by molar-refractivity contribution is 5.66. The fourth-order valence-corrected chi connectivity index (χ4v) is 5.49. The number of hydrogen-bond donors (Lipinski definition) is 1. The first-order valence-electron chi connectivity index (χ1n) is 9.40. The molecular weight excluding hydrogens is 276 g/mol. The van der Waals surface area contributed by atoms with Crippen molar-refractivity contribution in [1.82, 2.24) is 9.80 Å². The highest BCUT2D eigenvalue weighted by Crippen LogP contribution is 2.43. The zero-order chi connectivity index (χ0) is 15.5. The van der Waals surface area contributed by atoms with Crippen LogP contribution in [0.4, 0.5) is 0 Å². The van der Waals surface area contributed by atoms with E-state index in [0.717, 1.165) is 30.7 Å². The average molecular weight is 308 g/mol. The Morgan fingerprint density at radius 3 is 2.73 bits per heavy atom. The summed E-state index contributed by atoms with van der Waals surface area (Å²) in [7, 11) is 0. The zero-order valence-electron chi connectivity index (χ0n) is 14.0. The van der Waals surface area contributed by atoms with E-state index < -0.39 is 5.97 Å². The second-order valence-corrected chi connectivity index (χ2v) is 7.58. The van der Waals surface area contributed by atoms with E-state index in [0.29, 0.717) is 12.5 Å². The van der Waals surface area contributed by atoms with Gasteiger partial charge < -0.3 is 5.11 Å². The van der Waals surface area contributed by atoms with E-state index in [4.69, 9.17) is 5.11 Å². The molecule has 0 saturated carbocycles. The van der Waals surface area contributed by atoms with Gasteiger partial charge in [0.25, 0.3) is 0 Å². The van der Waals surface area contributed by atoms with Gasteiger partial charge in [0.1, 0.15) is 0 Å². The van der Waals surface area contributed by atoms with Crippen LogP contribution in [0.2, 0.25) is 0 Å². The summed E-state index contributed by atoms with van der Waals surface area (Å²) >= 11 is 0. The maximum absolute atomic E-state index is 10.9. The Bertz CT molecular complexity index is 385. The lowest BCUT2D eigenvalue weighted by Gasteiger charge is -2.57. The van der Waals surface area contributed by atoms with Crippen LogP contribution in [0.15, 0.2) is 0 Å². The maximum atomic E-state index is 10.9. The molecule has 0 spiro atoms. The smallest absolute Gasteiger partial charge is 0.303 e. The van der Waals surface area contributed by atoms with Gasteiger partial charge in [0.05, 0.1) is 0 Å². The molecule has 4 heteroatoms. The van der Waals surface area contributed by atoms with E-state index in [1.807, 2.05) is 0 Å². The molecule has 0 unspecified atom stereocenters. The van der Waals surface area contributed by atoms with Crippen LogP contribution in [-0.2, 0) is 4.79 Å². The van der Waals surface area contributed by atoms with Crippen LogP contribution in [0.1, 0.15) is 58.3 Å². The predicted molar refractivity (Wildman–Crippen MR) is 87.9 cm³/mol. The zero-order valence-corrected chi connectivity index (χ0v) is 14.0. The van der Waals surface area contributed by atoms with Crippen LogP contribution in [0.3, 0.4) is 0 Å². The number of likely N-dealkylation sites (tertiary alicyclic amines) is 1. The number of piperidine rings is 3. The second kappa shape index (κ2) is 7.31. The summed E-state index contributed by atoms with van der Waals surface area (Å²) in [6.07, 6.45) is 8.93. The third-order valence-electron chi connectivity index (χ3n) is 6.18. The number of nitrogens with zero attached hydrogens (tertiary/aromatic N) is 2. The van der Waals surface area contributed by atoms with Crippen LogP contribution in [0.25, 0.3) is 0 Å². The van der Waals surface area contributed by atoms with Crippen LogP contribution in [0, 0.1) is 11.8 Å². The molecule has 4 nitrogen and oxygen atoms in total. The fraction of sp³-hybridized carbons (Fsp3) is 0.944. The van der Waals surface area contributed by atoms with Crippen molar-refractivity contribution in [1.29, 1.82) is 0 Å². The van der Waals surface area contributed by atoms with Crippen molar-refractivity contribution in [3.63, 3.8) is 0 Å². The number of carbonyl (C=O) groups is 1. The summed E-state index contributed by atoms with van der Waals surface area (Å²) < 4.78 is 0. The first-order valence-corrected chi connectivity index (χ1v) is 9.40. The topological polar surface area (TPSA) is 43.8 Å². The van der Waals surface area contributed by atoms with E-state index in [1.54, 1.807) is 0 Å². The molecule has 0 amide bonds. The second-order valence-electron chi connectivity index (χ2n) is 7.58. The first kappa shape index (κ1) is 16.3. The lowest BCUT2D eigenvalue weighted by Crippen LogP contribution is -2.64. The molecule has 0 bridgehead atoms. The lowest BCUT2D eigenvalue weighted by molar-refractivity contribution is -0.137. The minimum atomic E-state index is -0.640. The Kier molecular flexibility index (Phi) is 5.40. The van der Waals surface area contributed by atoms with Gasteiger partial charge in [-0.25, -0.2) is 0 Å². The molecule has 0 radical (unpaired) electrons. The Balaban J connectivity index is 1.72. The van der Waals surface area contributed by atoms with Crippen LogP contribution >= 0.6 is 0 Å². The Labute approximate surface area is 134 Å². The van der Waals surface area contributed by atoms with E-state index in [9.17, 15) is 4.79 Å². The number of hydrogen-bond acceptors (Lipinski definition) is 3. The van der Waals surface area contributed by atoms with Crippen molar-refractivity contribution in [3.05, 3.63) is 0 Å². The SMILES string of the molecule is CCCN1C[C@@H]2CCCN3CCC[C@@H]([C@H]23)[C@H]1CCCC(=O)O. The molecular formula is C18H32N2O2. The van der Waals surface area contributed by atoms with Crippen molar-refractivity contribution < 1.29 is 9.90 Å². The van der Waals surface area contributed by atoms with Crippen molar-refractivity contribution in [3.8, 4) is 0 Å². The molecule has 3 aliphatic heterocycles. The lowest BCUT2D eigenvalue weighted by atomic mass is 9.69. The number of carboxylic acids is 1. The number of carboxylic acid groups (broad SMARTS) is 1. The normalized spacial score (nSPS) is 36.0. The highest BCUT2D eigenvalue weighted by Gasteiger charge is 2.47. The predicted octanol–water partition coefficient (Wildman–Crippen LogP) is 2.83. The van der Waals surface area contributed by atoms with Gasteiger partial charge in [-0.05, 0) is 76.4 Å². The summed E-state index contributed by atoms with van der Waals surface area (Å²) in [6.45, 7) is 7.32. The Morgan fingerprint density at radius 1 is 1.23 bits per heavy atom. The highest BCUT2D eigenvalue weighted by atomic mass is 16.4. The minimum Gasteiger partial charge on any atom is -0.481 e. The largest absolute Gasteiger partial charge is 0.481 e. The van der Waals surface area contributed by atoms with Gasteiger partial charge in [0.15, 0.2) is 0 Å².